The first-order valence-electron chi connectivity index (χ1n) is 7.02. The van der Waals surface area contributed by atoms with Gasteiger partial charge in [-0.2, -0.15) is 5.10 Å². The molecular formula is C15H13ClN6O2. The first-order valence-corrected chi connectivity index (χ1v) is 7.40. The van der Waals surface area contributed by atoms with Gasteiger partial charge in [0.05, 0.1) is 0 Å². The molecule has 0 saturated carbocycles. The van der Waals surface area contributed by atoms with Crippen LogP contribution in [-0.2, 0) is 4.79 Å². The molecule has 122 valence electrons. The van der Waals surface area contributed by atoms with Crippen LogP contribution in [0.15, 0.2) is 49.3 Å². The van der Waals surface area contributed by atoms with Gasteiger partial charge in [0.15, 0.2) is 11.9 Å². The van der Waals surface area contributed by atoms with E-state index < -0.39 is 6.10 Å². The Morgan fingerprint density at radius 3 is 2.92 bits per heavy atom. The molecule has 8 nitrogen and oxygen atoms in total. The number of carbonyl (C=O) groups is 1. The second kappa shape index (κ2) is 7.05. The van der Waals surface area contributed by atoms with Crippen LogP contribution in [0.2, 0.25) is 5.02 Å². The first kappa shape index (κ1) is 15.9. The van der Waals surface area contributed by atoms with Crippen molar-refractivity contribution in [2.75, 3.05) is 5.32 Å². The van der Waals surface area contributed by atoms with Gasteiger partial charge in [0.1, 0.15) is 30.5 Å². The zero-order valence-corrected chi connectivity index (χ0v) is 13.4. The van der Waals surface area contributed by atoms with E-state index in [9.17, 15) is 4.79 Å². The molecule has 1 unspecified atom stereocenters. The Hall–Kier alpha value is -3.00. The van der Waals surface area contributed by atoms with E-state index in [1.165, 1.54) is 23.7 Å². The molecular weight excluding hydrogens is 332 g/mol. The molecule has 0 radical (unpaired) electrons. The van der Waals surface area contributed by atoms with Gasteiger partial charge in [-0.3, -0.25) is 4.79 Å². The minimum Gasteiger partial charge on any atom is -0.481 e. The highest BCUT2D eigenvalue weighted by Gasteiger charge is 2.16. The lowest BCUT2D eigenvalue weighted by molar-refractivity contribution is -0.122. The molecule has 0 bridgehead atoms. The van der Waals surface area contributed by atoms with Gasteiger partial charge in [-0.05, 0) is 25.1 Å². The number of nitrogens with one attached hydrogen (secondary N) is 1. The lowest BCUT2D eigenvalue weighted by atomic mass is 10.3. The Bertz CT molecular complexity index is 839. The molecule has 0 aliphatic carbocycles. The third-order valence-electron chi connectivity index (χ3n) is 3.04. The van der Waals surface area contributed by atoms with Crippen molar-refractivity contribution in [1.29, 1.82) is 0 Å². The molecule has 0 fully saturated rings. The van der Waals surface area contributed by atoms with Crippen molar-refractivity contribution >= 4 is 23.3 Å². The number of halogens is 1. The lowest BCUT2D eigenvalue weighted by Crippen LogP contribution is -2.30. The van der Waals surface area contributed by atoms with Gasteiger partial charge in [-0.1, -0.05) is 17.7 Å². The minimum absolute atomic E-state index is 0.335. The standard InChI is InChI=1S/C15H13ClN6O2/c1-10(24-12-4-2-3-11(16)5-12)15(23)21-13-6-14(19-8-18-13)22-9-17-7-20-22/h2-10H,1H3,(H,18,19,21,23). The molecule has 24 heavy (non-hydrogen) atoms. The molecule has 0 aliphatic rings. The largest absolute Gasteiger partial charge is 0.481 e. The van der Waals surface area contributed by atoms with Crippen molar-refractivity contribution in [1.82, 2.24) is 24.7 Å². The third kappa shape index (κ3) is 3.85. The Balaban J connectivity index is 1.67. The number of ether oxygens (including phenoxy) is 1. The van der Waals surface area contributed by atoms with Gasteiger partial charge in [0, 0.05) is 11.1 Å². The summed E-state index contributed by atoms with van der Waals surface area (Å²) in [5, 5.41) is 7.18. The van der Waals surface area contributed by atoms with E-state index in [4.69, 9.17) is 16.3 Å². The highest BCUT2D eigenvalue weighted by Crippen LogP contribution is 2.18. The van der Waals surface area contributed by atoms with Crippen LogP contribution in [0, 0.1) is 0 Å². The summed E-state index contributed by atoms with van der Waals surface area (Å²) in [6.45, 7) is 1.63. The van der Waals surface area contributed by atoms with E-state index in [0.717, 1.165) is 0 Å². The smallest absolute Gasteiger partial charge is 0.266 e. The number of anilines is 1. The monoisotopic (exact) mass is 344 g/mol. The van der Waals surface area contributed by atoms with Crippen LogP contribution in [-0.4, -0.2) is 36.7 Å². The van der Waals surface area contributed by atoms with Crippen molar-refractivity contribution in [3.05, 3.63) is 54.3 Å². The van der Waals surface area contributed by atoms with Crippen LogP contribution in [0.4, 0.5) is 5.82 Å². The van der Waals surface area contributed by atoms with Crippen LogP contribution >= 0.6 is 11.6 Å². The van der Waals surface area contributed by atoms with Crippen molar-refractivity contribution in [3.63, 3.8) is 0 Å². The van der Waals surface area contributed by atoms with E-state index in [-0.39, 0.29) is 5.91 Å². The van der Waals surface area contributed by atoms with Crippen molar-refractivity contribution < 1.29 is 9.53 Å². The predicted octanol–water partition coefficient (Wildman–Crippen LogP) is 2.12. The Morgan fingerprint density at radius 1 is 1.29 bits per heavy atom. The minimum atomic E-state index is -0.728. The maximum absolute atomic E-state index is 12.2. The number of benzene rings is 1. The summed E-state index contributed by atoms with van der Waals surface area (Å²) in [6, 6.07) is 8.42. The highest BCUT2D eigenvalue weighted by atomic mass is 35.5. The van der Waals surface area contributed by atoms with E-state index in [0.29, 0.717) is 22.4 Å². The Morgan fingerprint density at radius 2 is 2.17 bits per heavy atom. The molecule has 9 heteroatoms. The topological polar surface area (TPSA) is 94.8 Å². The third-order valence-corrected chi connectivity index (χ3v) is 3.27. The molecule has 3 aromatic rings. The number of nitrogens with zero attached hydrogens (tertiary/aromatic N) is 5. The fraction of sp³-hybridized carbons (Fsp3) is 0.133. The number of aromatic nitrogens is 5. The fourth-order valence-corrected chi connectivity index (χ4v) is 2.07. The fourth-order valence-electron chi connectivity index (χ4n) is 1.89. The highest BCUT2D eigenvalue weighted by molar-refractivity contribution is 6.30. The first-order chi connectivity index (χ1) is 11.6. The van der Waals surface area contributed by atoms with Crippen molar-refractivity contribution in [2.45, 2.75) is 13.0 Å². The number of hydrogen-bond acceptors (Lipinski definition) is 6. The zero-order valence-electron chi connectivity index (χ0n) is 12.6. The maximum atomic E-state index is 12.2. The SMILES string of the molecule is CC(Oc1cccc(Cl)c1)C(=O)Nc1cc(-n2cncn2)ncn1. The normalized spacial score (nSPS) is 11.8. The molecule has 1 amide bonds. The summed E-state index contributed by atoms with van der Waals surface area (Å²) < 4.78 is 7.03. The predicted molar refractivity (Wildman–Crippen MR) is 87.1 cm³/mol. The number of amides is 1. The van der Waals surface area contributed by atoms with Gasteiger partial charge < -0.3 is 10.1 Å². The Labute approximate surface area is 142 Å². The molecule has 1 N–H and O–H groups in total. The summed E-state index contributed by atoms with van der Waals surface area (Å²) in [6.07, 6.45) is 3.49. The van der Waals surface area contributed by atoms with E-state index >= 15 is 0 Å². The van der Waals surface area contributed by atoms with Crippen molar-refractivity contribution in [2.24, 2.45) is 0 Å². The quantitative estimate of drug-likeness (QED) is 0.761. The van der Waals surface area contributed by atoms with Gasteiger partial charge in [-0.25, -0.2) is 19.6 Å². The van der Waals surface area contributed by atoms with Crippen LogP contribution < -0.4 is 10.1 Å². The van der Waals surface area contributed by atoms with Crippen LogP contribution in [0.25, 0.3) is 5.82 Å². The second-order valence-corrected chi connectivity index (χ2v) is 5.24. The van der Waals surface area contributed by atoms with Crippen LogP contribution in [0.5, 0.6) is 5.75 Å². The van der Waals surface area contributed by atoms with Gasteiger partial charge in [0.25, 0.3) is 5.91 Å². The molecule has 1 aromatic carbocycles. The molecule has 1 atom stereocenters. The maximum Gasteiger partial charge on any atom is 0.266 e. The van der Waals surface area contributed by atoms with Crippen LogP contribution in [0.3, 0.4) is 0 Å². The molecule has 2 heterocycles. The second-order valence-electron chi connectivity index (χ2n) is 4.81. The summed E-state index contributed by atoms with van der Waals surface area (Å²) >= 11 is 5.89. The summed E-state index contributed by atoms with van der Waals surface area (Å²) in [7, 11) is 0. The number of carbonyl (C=O) groups excluding carboxylic acids is 1. The number of rotatable bonds is 5. The molecule has 2 aromatic heterocycles. The zero-order chi connectivity index (χ0) is 16.9. The van der Waals surface area contributed by atoms with Gasteiger partial charge in [0.2, 0.25) is 0 Å². The van der Waals surface area contributed by atoms with E-state index in [2.05, 4.69) is 25.4 Å². The molecule has 0 spiro atoms. The average Bonchev–Trinajstić information content (AvgIpc) is 3.09. The number of hydrogen-bond donors (Lipinski definition) is 1. The molecule has 0 saturated heterocycles. The Kier molecular flexibility index (Phi) is 4.66. The lowest BCUT2D eigenvalue weighted by Gasteiger charge is -2.14. The summed E-state index contributed by atoms with van der Waals surface area (Å²) in [5.41, 5.74) is 0. The van der Waals surface area contributed by atoms with Gasteiger partial charge in [-0.15, -0.1) is 0 Å². The summed E-state index contributed by atoms with van der Waals surface area (Å²) in [5.74, 6) is 0.984. The average molecular weight is 345 g/mol. The van der Waals surface area contributed by atoms with Gasteiger partial charge >= 0.3 is 0 Å². The van der Waals surface area contributed by atoms with E-state index in [1.54, 1.807) is 37.3 Å². The van der Waals surface area contributed by atoms with Crippen molar-refractivity contribution in [3.8, 4) is 11.6 Å². The molecule has 0 aliphatic heterocycles. The molecule has 3 rings (SSSR count). The van der Waals surface area contributed by atoms with E-state index in [1.807, 2.05) is 0 Å². The van der Waals surface area contributed by atoms with Crippen LogP contribution in [0.1, 0.15) is 6.92 Å². The summed E-state index contributed by atoms with van der Waals surface area (Å²) in [4.78, 5) is 24.2.